The van der Waals surface area contributed by atoms with Crippen LogP contribution in [0.4, 0.5) is 0 Å². The Kier molecular flexibility index (Phi) is 4.50. The standard InChI is InChI=1S/C6H18O3SeSi2/c1-11(2,3)8-10(7)9-12(4,5)6/h1-6H3. The normalized spacial score (nSPS) is 13.9. The molecule has 0 radical (unpaired) electrons. The van der Waals surface area contributed by atoms with Crippen LogP contribution in [0.2, 0.25) is 39.3 Å². The van der Waals surface area contributed by atoms with E-state index in [1.807, 2.05) is 39.3 Å². The summed E-state index contributed by atoms with van der Waals surface area (Å²) in [6.07, 6.45) is 0. The molecule has 6 heteroatoms. The third-order valence-corrected chi connectivity index (χ3v) is 9.92. The van der Waals surface area contributed by atoms with Gasteiger partial charge in [-0.25, -0.2) is 0 Å². The maximum absolute atomic E-state index is 11.3. The fourth-order valence-corrected chi connectivity index (χ4v) is 7.16. The first-order chi connectivity index (χ1) is 5.10. The van der Waals surface area contributed by atoms with Gasteiger partial charge in [-0.2, -0.15) is 0 Å². The molecule has 74 valence electrons. The minimum atomic E-state index is -2.45. The molecule has 0 atom stereocenters. The summed E-state index contributed by atoms with van der Waals surface area (Å²) in [4.78, 5) is 0. The van der Waals surface area contributed by atoms with Crippen LogP contribution in [0, 0.1) is 0 Å². The Morgan fingerprint density at radius 3 is 1.25 bits per heavy atom. The Morgan fingerprint density at radius 1 is 0.833 bits per heavy atom. The van der Waals surface area contributed by atoms with Gasteiger partial charge in [0.2, 0.25) is 0 Å². The molecule has 0 spiro atoms. The summed E-state index contributed by atoms with van der Waals surface area (Å²) < 4.78 is 22.0. The zero-order chi connectivity index (χ0) is 9.99. The van der Waals surface area contributed by atoms with Crippen LogP contribution in [-0.2, 0) is 10.9 Å². The molecule has 0 saturated heterocycles. The van der Waals surface area contributed by atoms with Crippen molar-refractivity contribution in [1.29, 1.82) is 0 Å². The molecule has 0 saturated carbocycles. The van der Waals surface area contributed by atoms with Crippen molar-refractivity contribution < 1.29 is 10.9 Å². The average Bonchev–Trinajstić information content (AvgIpc) is 1.49. The fraction of sp³-hybridized carbons (Fsp3) is 1.00. The molecule has 0 unspecified atom stereocenters. The Hall–Kier alpha value is 0.673. The zero-order valence-corrected chi connectivity index (χ0v) is 12.3. The number of hydrogen-bond acceptors (Lipinski definition) is 3. The molecule has 0 bridgehead atoms. The monoisotopic (exact) mass is 274 g/mol. The first-order valence-corrected chi connectivity index (χ1v) is 12.8. The van der Waals surface area contributed by atoms with E-state index in [0.29, 0.717) is 0 Å². The summed E-state index contributed by atoms with van der Waals surface area (Å²) in [6, 6.07) is 0. The first-order valence-electron chi connectivity index (χ1n) is 3.91. The van der Waals surface area contributed by atoms with Gasteiger partial charge in [0.1, 0.15) is 0 Å². The van der Waals surface area contributed by atoms with Gasteiger partial charge in [0, 0.05) is 0 Å². The molecule has 0 rings (SSSR count). The number of rotatable bonds is 4. The van der Waals surface area contributed by atoms with Crippen LogP contribution in [0.1, 0.15) is 0 Å². The minimum absolute atomic E-state index is 1.68. The van der Waals surface area contributed by atoms with Crippen LogP contribution in [-0.4, -0.2) is 31.1 Å². The van der Waals surface area contributed by atoms with Gasteiger partial charge >= 0.3 is 81.3 Å². The van der Waals surface area contributed by atoms with Gasteiger partial charge in [0.05, 0.1) is 0 Å². The molecule has 0 aliphatic rings. The van der Waals surface area contributed by atoms with Gasteiger partial charge < -0.3 is 0 Å². The summed E-state index contributed by atoms with van der Waals surface area (Å²) >= 11 is -2.45. The fourth-order valence-electron chi connectivity index (χ4n) is 0.425. The van der Waals surface area contributed by atoms with Crippen molar-refractivity contribution in [2.75, 3.05) is 0 Å². The quantitative estimate of drug-likeness (QED) is 0.736. The predicted molar refractivity (Wildman–Crippen MR) is 55.3 cm³/mol. The van der Waals surface area contributed by atoms with Crippen molar-refractivity contribution in [3.63, 3.8) is 0 Å². The molecular formula is C6H18O3SeSi2. The predicted octanol–water partition coefficient (Wildman–Crippen LogP) is 2.10. The molecule has 12 heavy (non-hydrogen) atoms. The summed E-state index contributed by atoms with van der Waals surface area (Å²) in [6.45, 7) is 12.1. The SMILES string of the molecule is C[Si](C)(C)O[Se](=O)O[Si](C)(C)C. The van der Waals surface area contributed by atoms with Crippen LogP contribution in [0.5, 0.6) is 0 Å². The van der Waals surface area contributed by atoms with Gasteiger partial charge in [0.15, 0.2) is 0 Å². The second-order valence-electron chi connectivity index (χ2n) is 4.60. The third-order valence-electron chi connectivity index (χ3n) is 0.636. The summed E-state index contributed by atoms with van der Waals surface area (Å²) in [7, 11) is -3.36. The third kappa shape index (κ3) is 8.77. The summed E-state index contributed by atoms with van der Waals surface area (Å²) in [5.74, 6) is 0. The Balaban J connectivity index is 3.92. The van der Waals surface area contributed by atoms with E-state index < -0.39 is 31.1 Å². The van der Waals surface area contributed by atoms with E-state index in [1.54, 1.807) is 0 Å². The van der Waals surface area contributed by atoms with Crippen molar-refractivity contribution in [1.82, 2.24) is 0 Å². The van der Waals surface area contributed by atoms with Crippen LogP contribution in [0.25, 0.3) is 0 Å². The second-order valence-corrected chi connectivity index (χ2v) is 16.3. The molecule has 0 N–H and O–H groups in total. The van der Waals surface area contributed by atoms with Crippen LogP contribution >= 0.6 is 0 Å². The second kappa shape index (κ2) is 4.26. The molecule has 3 nitrogen and oxygen atoms in total. The molecule has 0 amide bonds. The van der Waals surface area contributed by atoms with E-state index in [1.165, 1.54) is 0 Å². The molecule has 0 fully saturated rings. The Labute approximate surface area is 81.5 Å². The van der Waals surface area contributed by atoms with Gasteiger partial charge in [-0.3, -0.25) is 0 Å². The van der Waals surface area contributed by atoms with E-state index in [2.05, 4.69) is 0 Å². The topological polar surface area (TPSA) is 35.5 Å². The van der Waals surface area contributed by atoms with Crippen LogP contribution in [0.15, 0.2) is 0 Å². The molecule has 0 heterocycles. The van der Waals surface area contributed by atoms with Crippen molar-refractivity contribution in [2.24, 2.45) is 0 Å². The van der Waals surface area contributed by atoms with E-state index in [9.17, 15) is 3.83 Å². The molecule has 0 aliphatic heterocycles. The van der Waals surface area contributed by atoms with Crippen LogP contribution in [0.3, 0.4) is 0 Å². The number of hydrogen-bond donors (Lipinski definition) is 0. The van der Waals surface area contributed by atoms with Crippen LogP contribution < -0.4 is 0 Å². The summed E-state index contributed by atoms with van der Waals surface area (Å²) in [5.41, 5.74) is 0. The Morgan fingerprint density at radius 2 is 1.08 bits per heavy atom. The zero-order valence-electron chi connectivity index (χ0n) is 8.63. The molecule has 0 aromatic rings. The van der Waals surface area contributed by atoms with E-state index in [-0.39, 0.29) is 0 Å². The molecule has 0 aromatic carbocycles. The van der Waals surface area contributed by atoms with Gasteiger partial charge in [-0.15, -0.1) is 0 Å². The van der Waals surface area contributed by atoms with Gasteiger partial charge in [0.25, 0.3) is 0 Å². The molecular weight excluding hydrogens is 255 g/mol. The Bertz CT molecular complexity index is 153. The molecule has 0 aliphatic carbocycles. The first kappa shape index (κ1) is 12.7. The maximum atomic E-state index is 11.3. The van der Waals surface area contributed by atoms with Crippen molar-refractivity contribution in [3.05, 3.63) is 0 Å². The van der Waals surface area contributed by atoms with E-state index >= 15 is 0 Å². The van der Waals surface area contributed by atoms with E-state index in [4.69, 9.17) is 7.02 Å². The molecule has 0 aromatic heterocycles. The van der Waals surface area contributed by atoms with Crippen molar-refractivity contribution in [2.45, 2.75) is 39.3 Å². The van der Waals surface area contributed by atoms with Gasteiger partial charge in [-0.1, -0.05) is 0 Å². The average molecular weight is 273 g/mol. The van der Waals surface area contributed by atoms with Gasteiger partial charge in [-0.05, 0) is 0 Å². The van der Waals surface area contributed by atoms with Crippen molar-refractivity contribution >= 4 is 31.1 Å². The van der Waals surface area contributed by atoms with E-state index in [0.717, 1.165) is 0 Å². The summed E-state index contributed by atoms with van der Waals surface area (Å²) in [5, 5.41) is 0. The van der Waals surface area contributed by atoms with Crippen molar-refractivity contribution in [3.8, 4) is 0 Å².